The molecule has 4 aromatic rings. The zero-order chi connectivity index (χ0) is 32.9. The second-order valence-corrected chi connectivity index (χ2v) is 11.8. The van der Waals surface area contributed by atoms with E-state index in [1.165, 1.54) is 16.7 Å². The van der Waals surface area contributed by atoms with Gasteiger partial charge in [0.2, 0.25) is 5.91 Å². The lowest BCUT2D eigenvalue weighted by Gasteiger charge is -2.36. The molecule has 5 rings (SSSR count). The van der Waals surface area contributed by atoms with Crippen LogP contribution in [0.5, 0.6) is 5.75 Å². The van der Waals surface area contributed by atoms with E-state index in [9.17, 15) is 24.3 Å². The van der Waals surface area contributed by atoms with Gasteiger partial charge in [-0.3, -0.25) is 19.1 Å². The Labute approximate surface area is 271 Å². The van der Waals surface area contributed by atoms with Crippen LogP contribution < -0.4 is 10.5 Å². The first-order valence-corrected chi connectivity index (χ1v) is 14.8. The summed E-state index contributed by atoms with van der Waals surface area (Å²) in [6.07, 6.45) is 2.80. The Hall–Kier alpha value is -4.24. The van der Waals surface area contributed by atoms with Gasteiger partial charge in [0.05, 0.1) is 33.3 Å². The lowest BCUT2D eigenvalue weighted by molar-refractivity contribution is -0.126. The Morgan fingerprint density at radius 2 is 1.80 bits per heavy atom. The van der Waals surface area contributed by atoms with Crippen LogP contribution in [0.4, 0.5) is 14.5 Å². The number of hydrogen-bond donors (Lipinski definition) is 1. The molecule has 9 nitrogen and oxygen atoms in total. The number of aromatic hydroxyl groups is 1. The fraction of sp³-hybridized carbons (Fsp3) is 0.258. The van der Waals surface area contributed by atoms with Crippen molar-refractivity contribution < 1.29 is 18.7 Å². The van der Waals surface area contributed by atoms with Crippen LogP contribution in [0.1, 0.15) is 36.6 Å². The Bertz CT molecular complexity index is 1990. The van der Waals surface area contributed by atoms with E-state index in [1.54, 1.807) is 29.0 Å². The maximum absolute atomic E-state index is 15.4. The first kappa shape index (κ1) is 32.2. The summed E-state index contributed by atoms with van der Waals surface area (Å²) >= 11 is 18.5. The minimum Gasteiger partial charge on any atom is -0.506 e. The molecular weight excluding hydrogens is 649 g/mol. The smallest absolute Gasteiger partial charge is 0.276 e. The van der Waals surface area contributed by atoms with Gasteiger partial charge in [0.15, 0.2) is 11.6 Å². The molecule has 1 N–H and O–H groups in total. The van der Waals surface area contributed by atoms with Gasteiger partial charge in [0.25, 0.3) is 5.56 Å². The van der Waals surface area contributed by atoms with Crippen LogP contribution in [-0.2, 0) is 4.79 Å². The van der Waals surface area contributed by atoms with Crippen molar-refractivity contribution in [2.75, 3.05) is 31.1 Å². The van der Waals surface area contributed by atoms with Crippen molar-refractivity contribution in [3.8, 4) is 28.8 Å². The lowest BCUT2D eigenvalue weighted by atomic mass is 10.0. The number of anilines is 1. The van der Waals surface area contributed by atoms with Gasteiger partial charge in [-0.05, 0) is 36.6 Å². The SMILES string of the molecule is C=CC(=O)N1CCN(c2c(C#N)c(=O)n(-c3c(C)ccnc3C(C)C)c3nc(-c4c(O)c(Cl)c(Cl)c(F)c4F)c(Cl)cc23)CC1. The highest BCUT2D eigenvalue weighted by Gasteiger charge is 2.31. The molecule has 0 radical (unpaired) electrons. The highest BCUT2D eigenvalue weighted by Crippen LogP contribution is 2.46. The monoisotopic (exact) mass is 672 g/mol. The third-order valence-corrected chi connectivity index (χ3v) is 8.78. The molecule has 1 aliphatic heterocycles. The molecule has 4 heterocycles. The molecule has 0 unspecified atom stereocenters. The maximum Gasteiger partial charge on any atom is 0.276 e. The molecule has 0 spiro atoms. The standard InChI is InChI=1S/C31H25Cl3F2N6O3/c1-5-19(43)40-8-10-41(11-9-40)28-16-12-18(32)26(20-23(35)24(36)21(33)22(34)29(20)44)39-30(16)42(31(45)17(28)13-37)27-15(4)6-7-38-25(27)14(2)3/h5-7,12,14,44H,1,8-11H2,2-4H3. The normalized spacial score (nSPS) is 13.4. The fourth-order valence-electron chi connectivity index (χ4n) is 5.48. The number of aryl methyl sites for hydroxylation is 1. The molecule has 0 atom stereocenters. The first-order valence-electron chi connectivity index (χ1n) is 13.7. The Morgan fingerprint density at radius 1 is 1.13 bits per heavy atom. The number of rotatable bonds is 5. The quantitative estimate of drug-likeness (QED) is 0.146. The van der Waals surface area contributed by atoms with E-state index in [-0.39, 0.29) is 65.3 Å². The Balaban J connectivity index is 1.93. The number of carbonyl (C=O) groups is 1. The molecule has 0 saturated carbocycles. The molecule has 45 heavy (non-hydrogen) atoms. The van der Waals surface area contributed by atoms with E-state index in [1.807, 2.05) is 19.9 Å². The zero-order valence-corrected chi connectivity index (χ0v) is 26.5. The summed E-state index contributed by atoms with van der Waals surface area (Å²) in [7, 11) is 0. The number of hydrogen-bond acceptors (Lipinski definition) is 7. The Morgan fingerprint density at radius 3 is 2.40 bits per heavy atom. The highest BCUT2D eigenvalue weighted by atomic mass is 35.5. The number of piperazine rings is 1. The summed E-state index contributed by atoms with van der Waals surface area (Å²) in [4.78, 5) is 39.0. The van der Waals surface area contributed by atoms with E-state index in [0.29, 0.717) is 16.9 Å². The van der Waals surface area contributed by atoms with E-state index in [4.69, 9.17) is 34.8 Å². The number of carbonyl (C=O) groups excluding carboxylic acids is 1. The molecule has 232 valence electrons. The van der Waals surface area contributed by atoms with Gasteiger partial charge >= 0.3 is 0 Å². The van der Waals surface area contributed by atoms with Gasteiger partial charge in [-0.1, -0.05) is 55.2 Å². The van der Waals surface area contributed by atoms with Crippen molar-refractivity contribution in [2.45, 2.75) is 26.7 Å². The zero-order valence-electron chi connectivity index (χ0n) is 24.3. The van der Waals surface area contributed by atoms with Crippen LogP contribution in [0.2, 0.25) is 15.1 Å². The van der Waals surface area contributed by atoms with Crippen LogP contribution in [0, 0.1) is 29.9 Å². The van der Waals surface area contributed by atoms with E-state index in [2.05, 4.69) is 16.5 Å². The summed E-state index contributed by atoms with van der Waals surface area (Å²) in [5, 5.41) is 19.7. The van der Waals surface area contributed by atoms with Gasteiger partial charge < -0.3 is 14.9 Å². The molecule has 14 heteroatoms. The molecule has 1 fully saturated rings. The summed E-state index contributed by atoms with van der Waals surface area (Å²) in [6.45, 7) is 10.1. The lowest BCUT2D eigenvalue weighted by Crippen LogP contribution is -2.49. The van der Waals surface area contributed by atoms with Crippen molar-refractivity contribution in [1.29, 1.82) is 5.26 Å². The summed E-state index contributed by atoms with van der Waals surface area (Å²) in [5.41, 5.74) is -0.524. The van der Waals surface area contributed by atoms with Crippen molar-refractivity contribution in [3.63, 3.8) is 0 Å². The third-order valence-electron chi connectivity index (χ3n) is 7.67. The van der Waals surface area contributed by atoms with Gasteiger partial charge in [-0.25, -0.2) is 13.8 Å². The molecular formula is C31H25Cl3F2N6O3. The predicted molar refractivity (Wildman–Crippen MR) is 170 cm³/mol. The Kier molecular flexibility index (Phi) is 8.77. The number of halogens is 5. The van der Waals surface area contributed by atoms with E-state index >= 15 is 4.39 Å². The fourth-order valence-corrected chi connectivity index (χ4v) is 6.08. The average Bonchev–Trinajstić information content (AvgIpc) is 3.02. The number of nitrogens with zero attached hydrogens (tertiary/aromatic N) is 6. The number of phenolic OH excluding ortho intramolecular Hbond substituents is 1. The van der Waals surface area contributed by atoms with E-state index < -0.39 is 44.2 Å². The van der Waals surface area contributed by atoms with Gasteiger partial charge in [0.1, 0.15) is 33.1 Å². The van der Waals surface area contributed by atoms with Crippen molar-refractivity contribution >= 4 is 57.4 Å². The summed E-state index contributed by atoms with van der Waals surface area (Å²) in [6, 6.07) is 5.09. The number of phenols is 1. The maximum atomic E-state index is 15.4. The minimum absolute atomic E-state index is 0.0683. The molecule has 1 aliphatic rings. The largest absolute Gasteiger partial charge is 0.506 e. The second-order valence-electron chi connectivity index (χ2n) is 10.7. The molecule has 1 aromatic carbocycles. The average molecular weight is 674 g/mol. The second kappa shape index (κ2) is 12.3. The van der Waals surface area contributed by atoms with Crippen LogP contribution >= 0.6 is 34.8 Å². The molecule has 3 aromatic heterocycles. The number of aromatic nitrogens is 3. The van der Waals surface area contributed by atoms with Gasteiger partial charge in [-0.2, -0.15) is 5.26 Å². The molecule has 1 saturated heterocycles. The molecule has 0 aliphatic carbocycles. The van der Waals surface area contributed by atoms with Crippen molar-refractivity contribution in [1.82, 2.24) is 19.4 Å². The number of nitriles is 1. The number of amides is 1. The number of benzene rings is 1. The minimum atomic E-state index is -1.55. The summed E-state index contributed by atoms with van der Waals surface area (Å²) in [5.74, 6) is -4.42. The predicted octanol–water partition coefficient (Wildman–Crippen LogP) is 6.53. The molecule has 1 amide bonds. The third kappa shape index (κ3) is 5.27. The van der Waals surface area contributed by atoms with Gasteiger partial charge in [0, 0.05) is 37.8 Å². The van der Waals surface area contributed by atoms with Crippen LogP contribution in [0.15, 0.2) is 35.8 Å². The van der Waals surface area contributed by atoms with Crippen molar-refractivity contribution in [2.24, 2.45) is 0 Å². The van der Waals surface area contributed by atoms with Crippen LogP contribution in [0.3, 0.4) is 0 Å². The van der Waals surface area contributed by atoms with Crippen molar-refractivity contribution in [3.05, 3.63) is 84.9 Å². The summed E-state index contributed by atoms with van der Waals surface area (Å²) < 4.78 is 31.4. The van der Waals surface area contributed by atoms with E-state index in [0.717, 1.165) is 0 Å². The topological polar surface area (TPSA) is 115 Å². The first-order chi connectivity index (χ1) is 21.3. The molecule has 0 bridgehead atoms. The van der Waals surface area contributed by atoms with Crippen LogP contribution in [0.25, 0.3) is 28.0 Å². The van der Waals surface area contributed by atoms with Crippen LogP contribution in [-0.4, -0.2) is 56.6 Å². The van der Waals surface area contributed by atoms with Gasteiger partial charge in [-0.15, -0.1) is 0 Å². The number of pyridine rings is 3. The number of fused-ring (bicyclic) bond motifs is 1. The highest BCUT2D eigenvalue weighted by molar-refractivity contribution is 6.43.